The van der Waals surface area contributed by atoms with Gasteiger partial charge in [-0.2, -0.15) is 26.3 Å². The van der Waals surface area contributed by atoms with E-state index in [2.05, 4.69) is 0 Å². The predicted octanol–water partition coefficient (Wildman–Crippen LogP) is 4.36. The van der Waals surface area contributed by atoms with E-state index in [1.807, 2.05) is 5.32 Å². The number of rotatable bonds is 4. The molecule has 9 heteroatoms. The summed E-state index contributed by atoms with van der Waals surface area (Å²) in [6, 6.07) is -0.318. The quantitative estimate of drug-likeness (QED) is 0.813. The summed E-state index contributed by atoms with van der Waals surface area (Å²) in [5, 5.41) is 1.93. The second kappa shape index (κ2) is 6.17. The summed E-state index contributed by atoms with van der Waals surface area (Å²) in [5.41, 5.74) is -1.02. The highest BCUT2D eigenvalue weighted by atomic mass is 19.4. The van der Waals surface area contributed by atoms with Crippen molar-refractivity contribution in [1.29, 1.82) is 0 Å². The lowest BCUT2D eigenvalue weighted by molar-refractivity contribution is -0.292. The zero-order valence-electron chi connectivity index (χ0n) is 10.6. The average Bonchev–Trinajstić information content (AvgIpc) is 2.28. The van der Waals surface area contributed by atoms with E-state index in [1.165, 1.54) is 6.92 Å². The Labute approximate surface area is 114 Å². The molecule has 21 heavy (non-hydrogen) atoms. The lowest BCUT2D eigenvalue weighted by Gasteiger charge is -2.31. The van der Waals surface area contributed by atoms with Crippen LogP contribution in [-0.2, 0) is 0 Å². The van der Waals surface area contributed by atoms with Gasteiger partial charge >= 0.3 is 12.4 Å². The minimum absolute atomic E-state index is 0.288. The molecule has 1 N–H and O–H groups in total. The molecular weight excluding hydrogens is 310 g/mol. The number of halogens is 8. The Morgan fingerprint density at radius 1 is 1.00 bits per heavy atom. The van der Waals surface area contributed by atoms with Gasteiger partial charge in [-0.15, -0.1) is 0 Å². The first-order valence-corrected chi connectivity index (χ1v) is 5.80. The van der Waals surface area contributed by atoms with E-state index in [0.29, 0.717) is 12.1 Å². The largest absolute Gasteiger partial charge is 0.402 e. The maximum absolute atomic E-state index is 13.6. The van der Waals surface area contributed by atoms with Crippen LogP contribution in [0.15, 0.2) is 18.2 Å². The number of benzene rings is 1. The Morgan fingerprint density at radius 2 is 1.52 bits per heavy atom. The molecular formula is C12H11F8N. The van der Waals surface area contributed by atoms with Crippen molar-refractivity contribution in [3.8, 4) is 0 Å². The molecule has 120 valence electrons. The molecule has 1 nitrogen and oxygen atoms in total. The highest BCUT2D eigenvalue weighted by Gasteiger charge is 2.60. The summed E-state index contributed by atoms with van der Waals surface area (Å²) < 4.78 is 103. The van der Waals surface area contributed by atoms with Gasteiger partial charge in [-0.05, 0) is 12.6 Å². The fourth-order valence-electron chi connectivity index (χ4n) is 1.95. The van der Waals surface area contributed by atoms with E-state index < -0.39 is 41.5 Å². The first kappa shape index (κ1) is 17.7. The zero-order valence-corrected chi connectivity index (χ0v) is 10.6. The standard InChI is InChI=1S/C12H11F8N/c1-2-21-9(6-4-3-5-7(13)8(6)14)10(11(15,16)17)12(18,19)20/h3-5,9-10,21H,2H2,1H3. The van der Waals surface area contributed by atoms with Gasteiger partial charge in [-0.25, -0.2) is 8.78 Å². The van der Waals surface area contributed by atoms with Gasteiger partial charge in [0.05, 0.1) is 6.04 Å². The maximum Gasteiger partial charge on any atom is 0.402 e. The van der Waals surface area contributed by atoms with Gasteiger partial charge in [0, 0.05) is 5.56 Å². The van der Waals surface area contributed by atoms with Crippen LogP contribution in [0.2, 0.25) is 0 Å². The molecule has 0 amide bonds. The first-order valence-electron chi connectivity index (χ1n) is 5.80. The molecule has 1 aromatic rings. The van der Waals surface area contributed by atoms with Crippen molar-refractivity contribution in [2.24, 2.45) is 5.92 Å². The van der Waals surface area contributed by atoms with Crippen LogP contribution in [-0.4, -0.2) is 18.9 Å². The van der Waals surface area contributed by atoms with Crippen molar-refractivity contribution in [3.63, 3.8) is 0 Å². The van der Waals surface area contributed by atoms with Crippen molar-refractivity contribution < 1.29 is 35.1 Å². The second-order valence-corrected chi connectivity index (χ2v) is 4.24. The summed E-state index contributed by atoms with van der Waals surface area (Å²) in [6.45, 7) is 0.970. The lowest BCUT2D eigenvalue weighted by atomic mass is 9.91. The first-order chi connectivity index (χ1) is 9.50. The van der Waals surface area contributed by atoms with Gasteiger partial charge in [0.15, 0.2) is 17.6 Å². The average molecular weight is 321 g/mol. The molecule has 0 radical (unpaired) electrons. The van der Waals surface area contributed by atoms with E-state index in [4.69, 9.17) is 0 Å². The molecule has 0 aromatic heterocycles. The Balaban J connectivity index is 3.42. The van der Waals surface area contributed by atoms with Crippen LogP contribution in [0.4, 0.5) is 35.1 Å². The third kappa shape index (κ3) is 4.05. The van der Waals surface area contributed by atoms with Gasteiger partial charge in [-0.3, -0.25) is 0 Å². The lowest BCUT2D eigenvalue weighted by Crippen LogP contribution is -2.46. The van der Waals surface area contributed by atoms with Gasteiger partial charge in [0.2, 0.25) is 0 Å². The number of hydrogen-bond acceptors (Lipinski definition) is 1. The topological polar surface area (TPSA) is 12.0 Å². The Kier molecular flexibility index (Phi) is 5.19. The fourth-order valence-corrected chi connectivity index (χ4v) is 1.95. The predicted molar refractivity (Wildman–Crippen MR) is 58.4 cm³/mol. The normalized spacial score (nSPS) is 14.6. The SMILES string of the molecule is CCNC(c1cccc(F)c1F)C(C(F)(F)F)C(F)(F)F. The fraction of sp³-hybridized carbons (Fsp3) is 0.500. The molecule has 1 atom stereocenters. The molecule has 0 spiro atoms. The van der Waals surface area contributed by atoms with Crippen LogP contribution in [0.3, 0.4) is 0 Å². The van der Waals surface area contributed by atoms with Crippen molar-refractivity contribution in [3.05, 3.63) is 35.4 Å². The highest BCUT2D eigenvalue weighted by molar-refractivity contribution is 5.24. The zero-order chi connectivity index (χ0) is 16.4. The molecule has 0 saturated heterocycles. The maximum atomic E-state index is 13.6. The number of alkyl halides is 6. The molecule has 1 unspecified atom stereocenters. The molecule has 0 aliphatic carbocycles. The molecule has 0 aliphatic rings. The monoisotopic (exact) mass is 321 g/mol. The van der Waals surface area contributed by atoms with E-state index in [1.54, 1.807) is 0 Å². The minimum Gasteiger partial charge on any atom is -0.309 e. The highest BCUT2D eigenvalue weighted by Crippen LogP contribution is 2.46. The molecule has 0 fully saturated rings. The van der Waals surface area contributed by atoms with E-state index in [-0.39, 0.29) is 6.54 Å². The third-order valence-electron chi connectivity index (χ3n) is 2.78. The summed E-state index contributed by atoms with van der Waals surface area (Å²) in [4.78, 5) is 0. The van der Waals surface area contributed by atoms with Crippen molar-refractivity contribution in [1.82, 2.24) is 5.32 Å². The van der Waals surface area contributed by atoms with Crippen LogP contribution in [0.5, 0.6) is 0 Å². The molecule has 0 bridgehead atoms. The van der Waals surface area contributed by atoms with E-state index in [0.717, 1.165) is 6.07 Å². The molecule has 1 rings (SSSR count). The second-order valence-electron chi connectivity index (χ2n) is 4.24. The van der Waals surface area contributed by atoms with E-state index in [9.17, 15) is 35.1 Å². The van der Waals surface area contributed by atoms with Crippen LogP contribution in [0.1, 0.15) is 18.5 Å². The summed E-state index contributed by atoms with van der Waals surface area (Å²) in [7, 11) is 0. The van der Waals surface area contributed by atoms with Gasteiger partial charge in [0.1, 0.15) is 0 Å². The van der Waals surface area contributed by atoms with Crippen LogP contribution in [0, 0.1) is 17.6 Å². The summed E-state index contributed by atoms with van der Waals surface area (Å²) >= 11 is 0. The summed E-state index contributed by atoms with van der Waals surface area (Å²) in [6.07, 6.45) is -11.3. The van der Waals surface area contributed by atoms with Crippen LogP contribution < -0.4 is 5.32 Å². The van der Waals surface area contributed by atoms with Crippen molar-refractivity contribution >= 4 is 0 Å². The van der Waals surface area contributed by atoms with Gasteiger partial charge in [-0.1, -0.05) is 19.1 Å². The van der Waals surface area contributed by atoms with Crippen molar-refractivity contribution in [2.75, 3.05) is 6.54 Å². The van der Waals surface area contributed by atoms with Crippen molar-refractivity contribution in [2.45, 2.75) is 25.3 Å². The van der Waals surface area contributed by atoms with Crippen LogP contribution in [0.25, 0.3) is 0 Å². The number of nitrogens with one attached hydrogen (secondary N) is 1. The minimum atomic E-state index is -5.66. The van der Waals surface area contributed by atoms with Gasteiger partial charge in [0.25, 0.3) is 0 Å². The molecule has 0 aliphatic heterocycles. The van der Waals surface area contributed by atoms with Gasteiger partial charge < -0.3 is 5.32 Å². The Morgan fingerprint density at radius 3 is 1.95 bits per heavy atom. The number of hydrogen-bond donors (Lipinski definition) is 1. The molecule has 1 aromatic carbocycles. The third-order valence-corrected chi connectivity index (χ3v) is 2.78. The Bertz CT molecular complexity index is 465. The molecule has 0 heterocycles. The van der Waals surface area contributed by atoms with Crippen LogP contribution >= 0.6 is 0 Å². The van der Waals surface area contributed by atoms with E-state index >= 15 is 0 Å². The summed E-state index contributed by atoms with van der Waals surface area (Å²) in [5.74, 6) is -7.10. The smallest absolute Gasteiger partial charge is 0.309 e. The molecule has 0 saturated carbocycles. The Hall–Kier alpha value is -1.38.